The Morgan fingerprint density at radius 3 is 2.52 bits per heavy atom. The highest BCUT2D eigenvalue weighted by Gasteiger charge is 2.29. The van der Waals surface area contributed by atoms with E-state index in [1.165, 1.54) is 4.31 Å². The first-order chi connectivity index (χ1) is 10.0. The quantitative estimate of drug-likeness (QED) is 0.825. The molecule has 2 rings (SSSR count). The fourth-order valence-corrected chi connectivity index (χ4v) is 3.81. The van der Waals surface area contributed by atoms with Gasteiger partial charge in [0.15, 0.2) is 0 Å². The highest BCUT2D eigenvalue weighted by Crippen LogP contribution is 2.18. The van der Waals surface area contributed by atoms with Gasteiger partial charge in [-0.15, -0.1) is 0 Å². The van der Waals surface area contributed by atoms with Gasteiger partial charge in [0.25, 0.3) is 0 Å². The molecule has 6 heteroatoms. The number of nitrogens with one attached hydrogen (secondary N) is 1. The molecule has 0 aromatic heterocycles. The molecule has 1 aromatic rings. The average Bonchev–Trinajstić information content (AvgIpc) is 2.99. The maximum absolute atomic E-state index is 12.4. The lowest BCUT2D eigenvalue weighted by atomic mass is 10.1. The summed E-state index contributed by atoms with van der Waals surface area (Å²) in [5, 5.41) is 3.25. The minimum Gasteiger partial charge on any atom is -0.380 e. The van der Waals surface area contributed by atoms with Gasteiger partial charge in [-0.1, -0.05) is 31.2 Å². The molecule has 1 saturated heterocycles. The number of benzene rings is 1. The van der Waals surface area contributed by atoms with Gasteiger partial charge in [-0.3, -0.25) is 0 Å². The third-order valence-corrected chi connectivity index (χ3v) is 5.68. The van der Waals surface area contributed by atoms with Crippen LogP contribution in [-0.4, -0.2) is 45.6 Å². The molecule has 1 N–H and O–H groups in total. The van der Waals surface area contributed by atoms with Crippen LogP contribution in [0.4, 0.5) is 0 Å². The topological polar surface area (TPSA) is 58.6 Å². The SMILES string of the molecule is CCNCc1ccc(CS(=O)(=O)N(C)C2CCOC2)cc1. The van der Waals surface area contributed by atoms with E-state index in [4.69, 9.17) is 4.74 Å². The standard InChI is InChI=1S/C15H24N2O3S/c1-3-16-10-13-4-6-14(7-5-13)12-21(18,19)17(2)15-8-9-20-11-15/h4-7,15-16H,3,8-12H2,1-2H3. The Morgan fingerprint density at radius 2 is 1.95 bits per heavy atom. The van der Waals surface area contributed by atoms with Gasteiger partial charge in [0.1, 0.15) is 0 Å². The highest BCUT2D eigenvalue weighted by molar-refractivity contribution is 7.88. The van der Waals surface area contributed by atoms with Crippen molar-refractivity contribution in [2.24, 2.45) is 0 Å². The Hall–Kier alpha value is -0.950. The van der Waals surface area contributed by atoms with Crippen LogP contribution in [0.1, 0.15) is 24.5 Å². The Morgan fingerprint density at radius 1 is 1.29 bits per heavy atom. The van der Waals surface area contributed by atoms with E-state index in [1.807, 2.05) is 24.3 Å². The van der Waals surface area contributed by atoms with Gasteiger partial charge in [0.05, 0.1) is 18.4 Å². The zero-order chi connectivity index (χ0) is 15.3. The van der Waals surface area contributed by atoms with Crippen molar-refractivity contribution in [3.8, 4) is 0 Å². The molecule has 1 aromatic carbocycles. The van der Waals surface area contributed by atoms with Crippen molar-refractivity contribution in [3.05, 3.63) is 35.4 Å². The molecule has 21 heavy (non-hydrogen) atoms. The summed E-state index contributed by atoms with van der Waals surface area (Å²) in [6.07, 6.45) is 0.775. The minimum atomic E-state index is -3.29. The summed E-state index contributed by atoms with van der Waals surface area (Å²) in [6.45, 7) is 4.93. The molecule has 0 amide bonds. The molecule has 1 aliphatic heterocycles. The zero-order valence-electron chi connectivity index (χ0n) is 12.7. The lowest BCUT2D eigenvalue weighted by molar-refractivity contribution is 0.181. The monoisotopic (exact) mass is 312 g/mol. The van der Waals surface area contributed by atoms with E-state index in [-0.39, 0.29) is 11.8 Å². The van der Waals surface area contributed by atoms with E-state index < -0.39 is 10.0 Å². The van der Waals surface area contributed by atoms with Gasteiger partial charge in [-0.05, 0) is 24.1 Å². The molecule has 118 valence electrons. The van der Waals surface area contributed by atoms with Gasteiger partial charge in [0.2, 0.25) is 10.0 Å². The van der Waals surface area contributed by atoms with Gasteiger partial charge in [-0.25, -0.2) is 8.42 Å². The number of rotatable bonds is 7. The van der Waals surface area contributed by atoms with Crippen LogP contribution in [0, 0.1) is 0 Å². The summed E-state index contributed by atoms with van der Waals surface area (Å²) in [5.74, 6) is 0.0431. The molecule has 0 saturated carbocycles. The van der Waals surface area contributed by atoms with Crippen LogP contribution in [0.3, 0.4) is 0 Å². The van der Waals surface area contributed by atoms with Crippen molar-refractivity contribution in [2.45, 2.75) is 31.7 Å². The van der Waals surface area contributed by atoms with Crippen LogP contribution in [0.5, 0.6) is 0 Å². The molecule has 1 heterocycles. The predicted octanol–water partition coefficient (Wildman–Crippen LogP) is 1.35. The Balaban J connectivity index is 1.99. The number of likely N-dealkylation sites (N-methyl/N-ethyl adjacent to an activating group) is 1. The van der Waals surface area contributed by atoms with Crippen LogP contribution >= 0.6 is 0 Å². The minimum absolute atomic E-state index is 0.0250. The van der Waals surface area contributed by atoms with Crippen molar-refractivity contribution < 1.29 is 13.2 Å². The number of sulfonamides is 1. The summed E-state index contributed by atoms with van der Waals surface area (Å²) in [4.78, 5) is 0. The fourth-order valence-electron chi connectivity index (χ4n) is 2.37. The molecule has 1 unspecified atom stereocenters. The maximum atomic E-state index is 12.4. The predicted molar refractivity (Wildman–Crippen MR) is 83.4 cm³/mol. The molecular weight excluding hydrogens is 288 g/mol. The Kier molecular flexibility index (Phi) is 5.75. The first-order valence-electron chi connectivity index (χ1n) is 7.35. The molecule has 1 aliphatic rings. The van der Waals surface area contributed by atoms with Crippen molar-refractivity contribution in [2.75, 3.05) is 26.8 Å². The summed E-state index contributed by atoms with van der Waals surface area (Å²) in [7, 11) is -1.64. The summed E-state index contributed by atoms with van der Waals surface area (Å²) in [5.41, 5.74) is 1.98. The van der Waals surface area contributed by atoms with E-state index in [1.54, 1.807) is 7.05 Å². The summed E-state index contributed by atoms with van der Waals surface area (Å²) < 4.78 is 31.5. The van der Waals surface area contributed by atoms with E-state index in [0.717, 1.165) is 30.6 Å². The number of nitrogens with zero attached hydrogens (tertiary/aromatic N) is 1. The fraction of sp³-hybridized carbons (Fsp3) is 0.600. The second kappa shape index (κ2) is 7.35. The second-order valence-electron chi connectivity index (χ2n) is 5.39. The summed E-state index contributed by atoms with van der Waals surface area (Å²) >= 11 is 0. The number of ether oxygens (including phenoxy) is 1. The van der Waals surface area contributed by atoms with Crippen LogP contribution in [-0.2, 0) is 27.1 Å². The highest BCUT2D eigenvalue weighted by atomic mass is 32.2. The van der Waals surface area contributed by atoms with Crippen LogP contribution in [0.25, 0.3) is 0 Å². The number of hydrogen-bond acceptors (Lipinski definition) is 4. The van der Waals surface area contributed by atoms with Crippen molar-refractivity contribution in [3.63, 3.8) is 0 Å². The number of hydrogen-bond donors (Lipinski definition) is 1. The van der Waals surface area contributed by atoms with E-state index in [0.29, 0.717) is 13.2 Å². The molecule has 0 spiro atoms. The van der Waals surface area contributed by atoms with Gasteiger partial charge < -0.3 is 10.1 Å². The lowest BCUT2D eigenvalue weighted by Gasteiger charge is -2.22. The van der Waals surface area contributed by atoms with Gasteiger partial charge in [0, 0.05) is 20.2 Å². The first kappa shape index (κ1) is 16.4. The van der Waals surface area contributed by atoms with Crippen LogP contribution in [0.15, 0.2) is 24.3 Å². The van der Waals surface area contributed by atoms with E-state index >= 15 is 0 Å². The Bertz CT molecular complexity index is 537. The maximum Gasteiger partial charge on any atom is 0.218 e. The molecular formula is C15H24N2O3S. The molecule has 0 aliphatic carbocycles. The van der Waals surface area contributed by atoms with Crippen molar-refractivity contribution >= 4 is 10.0 Å². The third-order valence-electron chi connectivity index (χ3n) is 3.81. The van der Waals surface area contributed by atoms with Gasteiger partial charge >= 0.3 is 0 Å². The second-order valence-corrected chi connectivity index (χ2v) is 7.42. The lowest BCUT2D eigenvalue weighted by Crippen LogP contribution is -2.38. The van der Waals surface area contributed by atoms with E-state index in [9.17, 15) is 8.42 Å². The smallest absolute Gasteiger partial charge is 0.218 e. The molecule has 1 atom stereocenters. The molecule has 5 nitrogen and oxygen atoms in total. The summed E-state index contributed by atoms with van der Waals surface area (Å²) in [6, 6.07) is 7.72. The molecule has 0 bridgehead atoms. The normalized spacial score (nSPS) is 19.3. The van der Waals surface area contributed by atoms with Crippen molar-refractivity contribution in [1.82, 2.24) is 9.62 Å². The third kappa shape index (κ3) is 4.51. The molecule has 1 fully saturated rings. The van der Waals surface area contributed by atoms with Crippen LogP contribution < -0.4 is 5.32 Å². The van der Waals surface area contributed by atoms with Crippen LogP contribution in [0.2, 0.25) is 0 Å². The largest absolute Gasteiger partial charge is 0.380 e. The van der Waals surface area contributed by atoms with E-state index in [2.05, 4.69) is 12.2 Å². The first-order valence-corrected chi connectivity index (χ1v) is 8.96. The van der Waals surface area contributed by atoms with Gasteiger partial charge in [-0.2, -0.15) is 4.31 Å². The van der Waals surface area contributed by atoms with Crippen molar-refractivity contribution in [1.29, 1.82) is 0 Å². The average molecular weight is 312 g/mol. The Labute approximate surface area is 127 Å². The zero-order valence-corrected chi connectivity index (χ0v) is 13.5. The molecule has 0 radical (unpaired) electrons.